The van der Waals surface area contributed by atoms with Crippen molar-refractivity contribution in [2.75, 3.05) is 27.0 Å². The van der Waals surface area contributed by atoms with Gasteiger partial charge in [-0.1, -0.05) is 36.7 Å². The number of nitrogens with one attached hydrogen (secondary N) is 2. The van der Waals surface area contributed by atoms with Crippen LogP contribution >= 0.6 is 11.8 Å². The number of hydrogen-bond acceptors (Lipinski definition) is 5. The molecule has 7 nitrogen and oxygen atoms in total. The highest BCUT2D eigenvalue weighted by Gasteiger charge is 2.23. The summed E-state index contributed by atoms with van der Waals surface area (Å²) in [6, 6.07) is 6.81. The molecule has 0 bridgehead atoms. The van der Waals surface area contributed by atoms with Crippen LogP contribution in [0.15, 0.2) is 28.3 Å². The van der Waals surface area contributed by atoms with Gasteiger partial charge in [0.1, 0.15) is 11.6 Å². The molecule has 0 amide bonds. The highest BCUT2D eigenvalue weighted by molar-refractivity contribution is 7.98. The van der Waals surface area contributed by atoms with E-state index in [0.29, 0.717) is 12.6 Å². The van der Waals surface area contributed by atoms with Crippen molar-refractivity contribution in [1.29, 1.82) is 0 Å². The van der Waals surface area contributed by atoms with Crippen LogP contribution in [0.2, 0.25) is 0 Å². The van der Waals surface area contributed by atoms with E-state index in [-0.39, 0.29) is 0 Å². The quantitative estimate of drug-likeness (QED) is 0.273. The minimum Gasteiger partial charge on any atom is -0.496 e. The molecule has 1 heterocycles. The molecule has 0 spiro atoms. The van der Waals surface area contributed by atoms with Gasteiger partial charge in [0, 0.05) is 38.2 Å². The minimum absolute atomic E-state index is 0.573. The Bertz CT molecular complexity index is 844. The van der Waals surface area contributed by atoms with Gasteiger partial charge < -0.3 is 19.9 Å². The van der Waals surface area contributed by atoms with Gasteiger partial charge in [0.2, 0.25) is 0 Å². The number of thioether (sulfide) groups is 1. The summed E-state index contributed by atoms with van der Waals surface area (Å²) in [5, 5.41) is 16.7. The molecule has 0 saturated heterocycles. The Kier molecular flexibility index (Phi) is 8.42. The molecular weight excluding hydrogens is 396 g/mol. The second kappa shape index (κ2) is 11.2. The van der Waals surface area contributed by atoms with Crippen molar-refractivity contribution in [3.05, 3.63) is 35.2 Å². The summed E-state index contributed by atoms with van der Waals surface area (Å²) in [7, 11) is 3.50. The largest absolute Gasteiger partial charge is 0.496 e. The van der Waals surface area contributed by atoms with E-state index in [1.54, 1.807) is 25.9 Å². The number of aromatic nitrogens is 3. The first-order valence-corrected chi connectivity index (χ1v) is 11.9. The molecule has 8 heteroatoms. The molecule has 3 rings (SSSR count). The zero-order chi connectivity index (χ0) is 21.3. The zero-order valence-corrected chi connectivity index (χ0v) is 19.4. The molecule has 1 aliphatic rings. The van der Waals surface area contributed by atoms with Crippen LogP contribution in [0.25, 0.3) is 0 Å². The number of methoxy groups -OCH3 is 1. The van der Waals surface area contributed by atoms with Crippen LogP contribution in [0.4, 0.5) is 0 Å². The van der Waals surface area contributed by atoms with Crippen molar-refractivity contribution >= 4 is 17.7 Å². The smallest absolute Gasteiger partial charge is 0.191 e. The molecule has 30 heavy (non-hydrogen) atoms. The standard InChI is InChI=1S/C22H34N6OS/c1-16-11-12-17(19(14-16)29-3)15-25-21(23-2)24-13-7-10-20-26-27-22(30-4)28(20)18-8-5-6-9-18/h11-12,14,18H,5-10,13,15H2,1-4H3,(H2,23,24,25). The van der Waals surface area contributed by atoms with Crippen molar-refractivity contribution in [2.24, 2.45) is 4.99 Å². The Morgan fingerprint density at radius 3 is 2.77 bits per heavy atom. The summed E-state index contributed by atoms with van der Waals surface area (Å²) in [6.45, 7) is 3.56. The Labute approximate surface area is 184 Å². The van der Waals surface area contributed by atoms with Crippen LogP contribution in [0, 0.1) is 6.92 Å². The number of aliphatic imine (C=N–C) groups is 1. The van der Waals surface area contributed by atoms with E-state index in [1.165, 1.54) is 31.2 Å². The molecule has 2 aromatic rings. The van der Waals surface area contributed by atoms with Crippen LogP contribution < -0.4 is 15.4 Å². The Balaban J connectivity index is 1.48. The van der Waals surface area contributed by atoms with Crippen LogP contribution in [0.3, 0.4) is 0 Å². The predicted molar refractivity (Wildman–Crippen MR) is 124 cm³/mol. The fourth-order valence-corrected chi connectivity index (χ4v) is 4.57. The summed E-state index contributed by atoms with van der Waals surface area (Å²) >= 11 is 1.69. The van der Waals surface area contributed by atoms with Gasteiger partial charge >= 0.3 is 0 Å². The Hall–Kier alpha value is -2.22. The lowest BCUT2D eigenvalue weighted by molar-refractivity contribution is 0.408. The summed E-state index contributed by atoms with van der Waals surface area (Å²) in [4.78, 5) is 4.34. The third-order valence-corrected chi connectivity index (χ3v) is 6.23. The fourth-order valence-electron chi connectivity index (χ4n) is 4.00. The summed E-state index contributed by atoms with van der Waals surface area (Å²) in [6.07, 6.45) is 9.09. The van der Waals surface area contributed by atoms with E-state index in [9.17, 15) is 0 Å². The van der Waals surface area contributed by atoms with Gasteiger partial charge in [-0.15, -0.1) is 10.2 Å². The number of nitrogens with zero attached hydrogens (tertiary/aromatic N) is 4. The van der Waals surface area contributed by atoms with E-state index in [1.807, 2.05) is 0 Å². The highest BCUT2D eigenvalue weighted by atomic mass is 32.2. The van der Waals surface area contributed by atoms with E-state index in [2.05, 4.69) is 61.8 Å². The lowest BCUT2D eigenvalue weighted by Gasteiger charge is -2.17. The lowest BCUT2D eigenvalue weighted by atomic mass is 10.1. The Morgan fingerprint density at radius 1 is 1.27 bits per heavy atom. The molecule has 0 atom stereocenters. The SMILES string of the molecule is CN=C(NCCCc1nnc(SC)n1C1CCCC1)NCc1ccc(C)cc1OC. The molecule has 0 aliphatic heterocycles. The highest BCUT2D eigenvalue weighted by Crippen LogP contribution is 2.33. The lowest BCUT2D eigenvalue weighted by Crippen LogP contribution is -2.37. The van der Waals surface area contributed by atoms with E-state index < -0.39 is 0 Å². The second-order valence-electron chi connectivity index (χ2n) is 7.68. The summed E-state index contributed by atoms with van der Waals surface area (Å²) < 4.78 is 7.87. The number of hydrogen-bond donors (Lipinski definition) is 2. The van der Waals surface area contributed by atoms with Gasteiger partial charge in [0.05, 0.1) is 7.11 Å². The first-order chi connectivity index (χ1) is 14.7. The maximum atomic E-state index is 5.49. The van der Waals surface area contributed by atoms with Gasteiger partial charge in [0.15, 0.2) is 11.1 Å². The average Bonchev–Trinajstić information content (AvgIpc) is 3.43. The van der Waals surface area contributed by atoms with Crippen LogP contribution in [0.5, 0.6) is 5.75 Å². The number of aryl methyl sites for hydroxylation is 2. The molecule has 1 fully saturated rings. The molecule has 1 aromatic heterocycles. The molecule has 0 radical (unpaired) electrons. The van der Waals surface area contributed by atoms with Crippen molar-refractivity contribution in [3.63, 3.8) is 0 Å². The van der Waals surface area contributed by atoms with Gasteiger partial charge in [-0.3, -0.25) is 4.99 Å². The topological polar surface area (TPSA) is 76.4 Å². The van der Waals surface area contributed by atoms with Crippen LogP contribution in [0.1, 0.15) is 55.1 Å². The van der Waals surface area contributed by atoms with Crippen molar-refractivity contribution in [3.8, 4) is 5.75 Å². The van der Waals surface area contributed by atoms with E-state index in [4.69, 9.17) is 4.74 Å². The molecule has 164 valence electrons. The maximum absolute atomic E-state index is 5.49. The molecule has 2 N–H and O–H groups in total. The third-order valence-electron chi connectivity index (χ3n) is 5.59. The fraction of sp³-hybridized carbons (Fsp3) is 0.591. The first kappa shape index (κ1) is 22.5. The number of rotatable bonds is 9. The molecule has 1 aliphatic carbocycles. The van der Waals surface area contributed by atoms with E-state index >= 15 is 0 Å². The predicted octanol–water partition coefficient (Wildman–Crippen LogP) is 3.73. The number of benzene rings is 1. The van der Waals surface area contributed by atoms with Crippen molar-refractivity contribution in [2.45, 2.75) is 63.2 Å². The molecule has 1 saturated carbocycles. The van der Waals surface area contributed by atoms with Gasteiger partial charge in [-0.25, -0.2) is 0 Å². The van der Waals surface area contributed by atoms with E-state index in [0.717, 1.165) is 47.6 Å². The molecule has 1 aromatic carbocycles. The maximum Gasteiger partial charge on any atom is 0.191 e. The zero-order valence-electron chi connectivity index (χ0n) is 18.6. The molecular formula is C22H34N6OS. The van der Waals surface area contributed by atoms with Crippen LogP contribution in [-0.4, -0.2) is 47.7 Å². The van der Waals surface area contributed by atoms with Gasteiger partial charge in [0.25, 0.3) is 0 Å². The summed E-state index contributed by atoms with van der Waals surface area (Å²) in [5.41, 5.74) is 2.30. The van der Waals surface area contributed by atoms with Gasteiger partial charge in [-0.2, -0.15) is 0 Å². The molecule has 0 unspecified atom stereocenters. The first-order valence-electron chi connectivity index (χ1n) is 10.7. The van der Waals surface area contributed by atoms with Crippen molar-refractivity contribution in [1.82, 2.24) is 25.4 Å². The monoisotopic (exact) mass is 430 g/mol. The van der Waals surface area contributed by atoms with Crippen LogP contribution in [-0.2, 0) is 13.0 Å². The Morgan fingerprint density at radius 2 is 2.07 bits per heavy atom. The number of guanidine groups is 1. The average molecular weight is 431 g/mol. The third kappa shape index (κ3) is 5.68. The second-order valence-corrected chi connectivity index (χ2v) is 8.46. The normalized spacial score (nSPS) is 14.9. The van der Waals surface area contributed by atoms with Crippen molar-refractivity contribution < 1.29 is 4.74 Å². The van der Waals surface area contributed by atoms with Gasteiger partial charge in [-0.05, 0) is 44.1 Å². The summed E-state index contributed by atoms with van der Waals surface area (Å²) in [5.74, 6) is 2.80. The minimum atomic E-state index is 0.573. The number of ether oxygens (including phenoxy) is 1.